The molecular weight excluding hydrogens is 224 g/mol. The van der Waals surface area contributed by atoms with Crippen LogP contribution in [-0.4, -0.2) is 12.2 Å². The molecule has 0 fully saturated rings. The summed E-state index contributed by atoms with van der Waals surface area (Å²) < 4.78 is 5.32. The number of para-hydroxylation sites is 1. The van der Waals surface area contributed by atoms with Crippen LogP contribution in [0.25, 0.3) is 0 Å². The molecule has 0 radical (unpaired) electrons. The van der Waals surface area contributed by atoms with Crippen molar-refractivity contribution in [2.24, 2.45) is 0 Å². The molecule has 0 spiro atoms. The van der Waals surface area contributed by atoms with Gasteiger partial charge >= 0.3 is 0 Å². The number of aliphatic hydroxyl groups is 1. The molecule has 0 aliphatic heterocycles. The Morgan fingerprint density at radius 1 is 1.00 bits per heavy atom. The van der Waals surface area contributed by atoms with E-state index in [2.05, 4.69) is 0 Å². The van der Waals surface area contributed by atoms with Crippen LogP contribution in [0.4, 0.5) is 0 Å². The van der Waals surface area contributed by atoms with Gasteiger partial charge in [-0.3, -0.25) is 0 Å². The van der Waals surface area contributed by atoms with E-state index in [-0.39, 0.29) is 0 Å². The first kappa shape index (κ1) is 12.7. The highest BCUT2D eigenvalue weighted by Crippen LogP contribution is 2.35. The number of aryl methyl sites for hydroxylation is 1. The Labute approximate surface area is 108 Å². The SMILES string of the molecule is COc1ccccc1C(C)(O)c1ccc(C)cc1. The van der Waals surface area contributed by atoms with Crippen molar-refractivity contribution in [1.29, 1.82) is 0 Å². The molecule has 1 unspecified atom stereocenters. The number of ether oxygens (including phenoxy) is 1. The molecule has 2 heteroatoms. The van der Waals surface area contributed by atoms with Gasteiger partial charge in [-0.25, -0.2) is 0 Å². The van der Waals surface area contributed by atoms with Crippen molar-refractivity contribution in [1.82, 2.24) is 0 Å². The minimum absolute atomic E-state index is 0.697. The zero-order valence-corrected chi connectivity index (χ0v) is 11.0. The molecule has 0 bridgehead atoms. The average molecular weight is 242 g/mol. The fourth-order valence-electron chi connectivity index (χ4n) is 2.08. The molecular formula is C16H18O2. The quantitative estimate of drug-likeness (QED) is 0.895. The number of hydrogen-bond acceptors (Lipinski definition) is 2. The predicted octanol–water partition coefficient (Wildman–Crippen LogP) is 3.26. The summed E-state index contributed by atoms with van der Waals surface area (Å²) >= 11 is 0. The maximum atomic E-state index is 10.8. The van der Waals surface area contributed by atoms with Crippen molar-refractivity contribution in [3.05, 3.63) is 65.2 Å². The molecule has 0 aliphatic carbocycles. The lowest BCUT2D eigenvalue weighted by atomic mass is 9.87. The van der Waals surface area contributed by atoms with Gasteiger partial charge in [-0.2, -0.15) is 0 Å². The van der Waals surface area contributed by atoms with Crippen LogP contribution < -0.4 is 4.74 Å². The van der Waals surface area contributed by atoms with E-state index in [4.69, 9.17) is 4.74 Å². The van der Waals surface area contributed by atoms with Gasteiger partial charge in [-0.15, -0.1) is 0 Å². The van der Waals surface area contributed by atoms with Crippen molar-refractivity contribution in [3.8, 4) is 5.75 Å². The van der Waals surface area contributed by atoms with E-state index in [0.29, 0.717) is 5.75 Å². The van der Waals surface area contributed by atoms with Crippen LogP contribution in [0.5, 0.6) is 5.75 Å². The normalized spacial score (nSPS) is 14.0. The first-order valence-corrected chi connectivity index (χ1v) is 5.98. The minimum Gasteiger partial charge on any atom is -0.496 e. The standard InChI is InChI=1S/C16H18O2/c1-12-8-10-13(11-9-12)16(2,17)14-6-4-5-7-15(14)18-3/h4-11,17H,1-3H3. The average Bonchev–Trinajstić information content (AvgIpc) is 2.39. The fourth-order valence-corrected chi connectivity index (χ4v) is 2.08. The summed E-state index contributed by atoms with van der Waals surface area (Å²) in [6.45, 7) is 3.82. The van der Waals surface area contributed by atoms with E-state index < -0.39 is 5.60 Å². The fraction of sp³-hybridized carbons (Fsp3) is 0.250. The largest absolute Gasteiger partial charge is 0.496 e. The number of methoxy groups -OCH3 is 1. The zero-order valence-electron chi connectivity index (χ0n) is 11.0. The zero-order chi connectivity index (χ0) is 13.2. The summed E-state index contributed by atoms with van der Waals surface area (Å²) in [4.78, 5) is 0. The maximum Gasteiger partial charge on any atom is 0.125 e. The van der Waals surface area contributed by atoms with Crippen LogP contribution >= 0.6 is 0 Å². The van der Waals surface area contributed by atoms with E-state index >= 15 is 0 Å². The highest BCUT2D eigenvalue weighted by molar-refractivity contribution is 5.44. The molecule has 2 rings (SSSR count). The second-order valence-electron chi connectivity index (χ2n) is 4.64. The summed E-state index contributed by atoms with van der Waals surface area (Å²) in [6.07, 6.45) is 0. The predicted molar refractivity (Wildman–Crippen MR) is 72.8 cm³/mol. The Balaban J connectivity index is 2.50. The summed E-state index contributed by atoms with van der Waals surface area (Å²) in [7, 11) is 1.62. The van der Waals surface area contributed by atoms with Crippen molar-refractivity contribution in [3.63, 3.8) is 0 Å². The minimum atomic E-state index is -1.06. The lowest BCUT2D eigenvalue weighted by Crippen LogP contribution is -2.23. The van der Waals surface area contributed by atoms with Crippen LogP contribution in [0.2, 0.25) is 0 Å². The molecule has 0 saturated heterocycles. The lowest BCUT2D eigenvalue weighted by molar-refractivity contribution is 0.0989. The first-order chi connectivity index (χ1) is 8.55. The van der Waals surface area contributed by atoms with Crippen molar-refractivity contribution < 1.29 is 9.84 Å². The topological polar surface area (TPSA) is 29.5 Å². The van der Waals surface area contributed by atoms with Gasteiger partial charge in [0, 0.05) is 5.56 Å². The highest BCUT2D eigenvalue weighted by Gasteiger charge is 2.28. The van der Waals surface area contributed by atoms with Crippen LogP contribution in [0.1, 0.15) is 23.6 Å². The number of benzene rings is 2. The van der Waals surface area contributed by atoms with E-state index in [1.54, 1.807) is 14.0 Å². The van der Waals surface area contributed by atoms with Gasteiger partial charge in [0.25, 0.3) is 0 Å². The second kappa shape index (κ2) is 4.83. The van der Waals surface area contributed by atoms with Crippen LogP contribution in [-0.2, 0) is 5.60 Å². The Morgan fingerprint density at radius 2 is 1.61 bits per heavy atom. The molecule has 2 aromatic rings. The summed E-state index contributed by atoms with van der Waals surface area (Å²) in [5.74, 6) is 0.697. The van der Waals surface area contributed by atoms with E-state index in [1.165, 1.54) is 5.56 Å². The monoisotopic (exact) mass is 242 g/mol. The Morgan fingerprint density at radius 3 is 2.22 bits per heavy atom. The van der Waals surface area contributed by atoms with Gasteiger partial charge in [0.1, 0.15) is 11.4 Å². The Kier molecular flexibility index (Phi) is 3.39. The Bertz CT molecular complexity index is 527. The third-order valence-corrected chi connectivity index (χ3v) is 3.25. The molecule has 1 atom stereocenters. The second-order valence-corrected chi connectivity index (χ2v) is 4.64. The van der Waals surface area contributed by atoms with Gasteiger partial charge in [-0.1, -0.05) is 48.0 Å². The first-order valence-electron chi connectivity index (χ1n) is 5.98. The molecule has 2 nitrogen and oxygen atoms in total. The van der Waals surface area contributed by atoms with Crippen molar-refractivity contribution in [2.75, 3.05) is 7.11 Å². The Hall–Kier alpha value is -1.80. The van der Waals surface area contributed by atoms with E-state index in [9.17, 15) is 5.11 Å². The van der Waals surface area contributed by atoms with Gasteiger partial charge in [0.2, 0.25) is 0 Å². The van der Waals surface area contributed by atoms with E-state index in [1.807, 2.05) is 55.5 Å². The molecule has 0 saturated carbocycles. The summed E-state index contributed by atoms with van der Waals surface area (Å²) in [5.41, 5.74) is 1.75. The third kappa shape index (κ3) is 2.24. The summed E-state index contributed by atoms with van der Waals surface area (Å²) in [6, 6.07) is 15.4. The number of hydrogen-bond donors (Lipinski definition) is 1. The molecule has 94 valence electrons. The van der Waals surface area contributed by atoms with Crippen molar-refractivity contribution >= 4 is 0 Å². The molecule has 1 N–H and O–H groups in total. The van der Waals surface area contributed by atoms with Crippen LogP contribution in [0, 0.1) is 6.92 Å². The molecule has 0 aliphatic rings. The maximum absolute atomic E-state index is 10.8. The molecule has 2 aromatic carbocycles. The highest BCUT2D eigenvalue weighted by atomic mass is 16.5. The van der Waals surface area contributed by atoms with Crippen LogP contribution in [0.15, 0.2) is 48.5 Å². The smallest absolute Gasteiger partial charge is 0.125 e. The molecule has 0 heterocycles. The van der Waals surface area contributed by atoms with Crippen molar-refractivity contribution in [2.45, 2.75) is 19.4 Å². The number of rotatable bonds is 3. The van der Waals surface area contributed by atoms with E-state index in [0.717, 1.165) is 11.1 Å². The summed E-state index contributed by atoms with van der Waals surface area (Å²) in [5, 5.41) is 10.8. The molecule has 18 heavy (non-hydrogen) atoms. The van der Waals surface area contributed by atoms with Crippen LogP contribution in [0.3, 0.4) is 0 Å². The third-order valence-electron chi connectivity index (χ3n) is 3.25. The van der Waals surface area contributed by atoms with Gasteiger partial charge in [0.15, 0.2) is 0 Å². The molecule has 0 amide bonds. The molecule has 0 aromatic heterocycles. The van der Waals surface area contributed by atoms with Gasteiger partial charge in [0.05, 0.1) is 7.11 Å². The van der Waals surface area contributed by atoms with Gasteiger partial charge in [-0.05, 0) is 25.5 Å². The lowest BCUT2D eigenvalue weighted by Gasteiger charge is -2.26. The van der Waals surface area contributed by atoms with Gasteiger partial charge < -0.3 is 9.84 Å².